The van der Waals surface area contributed by atoms with Crippen molar-refractivity contribution >= 4 is 0 Å². The second-order valence-corrected chi connectivity index (χ2v) is 8.92. The lowest BCUT2D eigenvalue weighted by atomic mass is 9.98. The first-order valence-electron chi connectivity index (χ1n) is 11.7. The minimum atomic E-state index is -1.63. The average Bonchev–Trinajstić information content (AvgIpc) is 2.91. The molecule has 0 unspecified atom stereocenters. The summed E-state index contributed by atoms with van der Waals surface area (Å²) < 4.78 is 22.0. The summed E-state index contributed by atoms with van der Waals surface area (Å²) in [5.41, 5.74) is 2.88. The lowest BCUT2D eigenvalue weighted by Gasteiger charge is -2.42. The largest absolute Gasteiger partial charge is 0.394 e. The van der Waals surface area contributed by atoms with Crippen LogP contribution in [0.25, 0.3) is 11.1 Å². The van der Waals surface area contributed by atoms with Gasteiger partial charge >= 0.3 is 0 Å². The zero-order valence-electron chi connectivity index (χ0n) is 19.4. The Kier molecular flexibility index (Phi) is 9.04. The fourth-order valence-corrected chi connectivity index (χ4v) is 4.19. The number of aliphatic hydroxyl groups excluding tert-OH is 7. The van der Waals surface area contributed by atoms with Crippen LogP contribution in [0.5, 0.6) is 0 Å². The predicted octanol–water partition coefficient (Wildman–Crippen LogP) is -1.51. The molecule has 36 heavy (non-hydrogen) atoms. The summed E-state index contributed by atoms with van der Waals surface area (Å²) in [7, 11) is 0. The van der Waals surface area contributed by atoms with E-state index in [9.17, 15) is 35.7 Å². The van der Waals surface area contributed by atoms with Crippen molar-refractivity contribution in [3.63, 3.8) is 0 Å². The summed E-state index contributed by atoms with van der Waals surface area (Å²) in [6, 6.07) is 17.4. The van der Waals surface area contributed by atoms with E-state index in [1.165, 1.54) is 0 Å². The van der Waals surface area contributed by atoms with E-state index in [-0.39, 0.29) is 6.61 Å². The predicted molar refractivity (Wildman–Crippen MR) is 123 cm³/mol. The quantitative estimate of drug-likeness (QED) is 0.221. The Hall–Kier alpha value is -2.00. The highest BCUT2D eigenvalue weighted by Gasteiger charge is 2.47. The molecule has 2 aliphatic rings. The van der Waals surface area contributed by atoms with E-state index in [1.54, 1.807) is 0 Å². The monoisotopic (exact) mass is 508 g/mol. The lowest BCUT2D eigenvalue weighted by molar-refractivity contribution is -0.332. The van der Waals surface area contributed by atoms with Crippen molar-refractivity contribution in [2.45, 2.75) is 68.0 Å². The Labute approximate surface area is 207 Å². The van der Waals surface area contributed by atoms with Gasteiger partial charge in [-0.05, 0) is 16.7 Å². The van der Waals surface area contributed by atoms with E-state index in [4.69, 9.17) is 18.9 Å². The minimum absolute atomic E-state index is 0.0555. The van der Waals surface area contributed by atoms with E-state index in [0.29, 0.717) is 0 Å². The summed E-state index contributed by atoms with van der Waals surface area (Å²) >= 11 is 0. The van der Waals surface area contributed by atoms with Gasteiger partial charge in [0, 0.05) is 0 Å². The zero-order valence-corrected chi connectivity index (χ0v) is 19.4. The number of benzene rings is 2. The highest BCUT2D eigenvalue weighted by atomic mass is 16.7. The molecule has 0 spiro atoms. The smallest absolute Gasteiger partial charge is 0.187 e. The SMILES string of the molecule is OC[C@H]1O[C@@H](OC[C@H]2O[C@H](OCc3ccc(-c4ccccc4)cc3)[C@H](O)[C@@H](O)[C@@H]2O)[C@H](O)[C@@H](O)[C@@H]1O. The zero-order chi connectivity index (χ0) is 25.8. The Morgan fingerprint density at radius 3 is 1.72 bits per heavy atom. The summed E-state index contributed by atoms with van der Waals surface area (Å²) in [5.74, 6) is 0. The van der Waals surface area contributed by atoms with Crippen molar-refractivity contribution in [2.75, 3.05) is 13.2 Å². The highest BCUT2D eigenvalue weighted by Crippen LogP contribution is 2.27. The molecule has 198 valence electrons. The van der Waals surface area contributed by atoms with Gasteiger partial charge in [0.2, 0.25) is 0 Å². The first-order chi connectivity index (χ1) is 17.3. The van der Waals surface area contributed by atoms with Gasteiger partial charge in [-0.25, -0.2) is 0 Å². The average molecular weight is 509 g/mol. The van der Waals surface area contributed by atoms with Crippen LogP contribution in [0.15, 0.2) is 54.6 Å². The number of hydrogen-bond donors (Lipinski definition) is 7. The molecule has 0 aliphatic carbocycles. The van der Waals surface area contributed by atoms with Crippen LogP contribution in [0.3, 0.4) is 0 Å². The van der Waals surface area contributed by atoms with Gasteiger partial charge in [-0.1, -0.05) is 54.6 Å². The van der Waals surface area contributed by atoms with Crippen LogP contribution in [0.2, 0.25) is 0 Å². The molecule has 2 aromatic rings. The molecule has 2 aromatic carbocycles. The Balaban J connectivity index is 1.34. The number of hydrogen-bond acceptors (Lipinski definition) is 11. The fraction of sp³-hybridized carbons (Fsp3) is 0.520. The van der Waals surface area contributed by atoms with E-state index >= 15 is 0 Å². The Bertz CT molecular complexity index is 941. The van der Waals surface area contributed by atoms with E-state index in [2.05, 4.69) is 0 Å². The second kappa shape index (κ2) is 12.0. The van der Waals surface area contributed by atoms with Gasteiger partial charge in [0.05, 0.1) is 19.8 Å². The molecule has 2 heterocycles. The molecule has 2 fully saturated rings. The third kappa shape index (κ3) is 5.93. The lowest BCUT2D eigenvalue weighted by Crippen LogP contribution is -2.61. The molecule has 0 bridgehead atoms. The summed E-state index contributed by atoms with van der Waals surface area (Å²) in [6.07, 6.45) is -14.6. The highest BCUT2D eigenvalue weighted by molar-refractivity contribution is 5.63. The van der Waals surface area contributed by atoms with Gasteiger partial charge in [-0.2, -0.15) is 0 Å². The third-order valence-corrected chi connectivity index (χ3v) is 6.42. The topological polar surface area (TPSA) is 179 Å². The van der Waals surface area contributed by atoms with Gasteiger partial charge in [0.15, 0.2) is 12.6 Å². The van der Waals surface area contributed by atoms with Crippen molar-refractivity contribution in [1.82, 2.24) is 0 Å². The summed E-state index contributed by atoms with van der Waals surface area (Å²) in [6.45, 7) is -0.986. The van der Waals surface area contributed by atoms with E-state index in [1.807, 2.05) is 54.6 Å². The van der Waals surface area contributed by atoms with E-state index in [0.717, 1.165) is 16.7 Å². The number of aliphatic hydroxyl groups is 7. The van der Waals surface area contributed by atoms with Crippen molar-refractivity contribution in [2.24, 2.45) is 0 Å². The van der Waals surface area contributed by atoms with Crippen LogP contribution < -0.4 is 0 Å². The fourth-order valence-electron chi connectivity index (χ4n) is 4.19. The van der Waals surface area contributed by atoms with Crippen LogP contribution in [0.4, 0.5) is 0 Å². The first kappa shape index (κ1) is 27.0. The van der Waals surface area contributed by atoms with Crippen molar-refractivity contribution < 1.29 is 54.7 Å². The van der Waals surface area contributed by atoms with Gasteiger partial charge in [0.1, 0.15) is 48.8 Å². The molecule has 0 amide bonds. The molecule has 10 atom stereocenters. The molecular formula is C25H32O11. The van der Waals surface area contributed by atoms with E-state index < -0.39 is 74.6 Å². The maximum Gasteiger partial charge on any atom is 0.187 e. The van der Waals surface area contributed by atoms with Crippen LogP contribution in [-0.4, -0.2) is 110 Å². The molecule has 11 nitrogen and oxygen atoms in total. The van der Waals surface area contributed by atoms with Gasteiger partial charge in [-0.15, -0.1) is 0 Å². The first-order valence-corrected chi connectivity index (χ1v) is 11.7. The standard InChI is InChI=1S/C25H32O11/c26-10-16-18(27)20(29)22(31)25(35-16)34-12-17-19(28)21(30)23(32)24(36-17)33-11-13-6-8-15(9-7-13)14-4-2-1-3-5-14/h1-9,16-32H,10-12H2/t16-,17-,18-,19-,20+,21+,22-,23-,24+,25-/m1/s1. The maximum atomic E-state index is 10.3. The molecule has 4 rings (SSSR count). The number of rotatable bonds is 8. The molecule has 0 aromatic heterocycles. The van der Waals surface area contributed by atoms with Gasteiger partial charge < -0.3 is 54.7 Å². The Morgan fingerprint density at radius 2 is 1.11 bits per heavy atom. The van der Waals surface area contributed by atoms with Gasteiger partial charge in [0.25, 0.3) is 0 Å². The van der Waals surface area contributed by atoms with Crippen molar-refractivity contribution in [3.05, 3.63) is 60.2 Å². The molecule has 2 aliphatic heterocycles. The van der Waals surface area contributed by atoms with Gasteiger partial charge in [-0.3, -0.25) is 0 Å². The third-order valence-electron chi connectivity index (χ3n) is 6.42. The molecular weight excluding hydrogens is 476 g/mol. The summed E-state index contributed by atoms with van der Waals surface area (Å²) in [4.78, 5) is 0. The maximum absolute atomic E-state index is 10.3. The van der Waals surface area contributed by atoms with Crippen LogP contribution in [0, 0.1) is 0 Å². The molecule has 2 saturated heterocycles. The number of ether oxygens (including phenoxy) is 4. The van der Waals surface area contributed by atoms with Crippen molar-refractivity contribution in [3.8, 4) is 11.1 Å². The Morgan fingerprint density at radius 1 is 0.583 bits per heavy atom. The minimum Gasteiger partial charge on any atom is -0.394 e. The molecule has 0 radical (unpaired) electrons. The van der Waals surface area contributed by atoms with Crippen LogP contribution >= 0.6 is 0 Å². The molecule has 7 N–H and O–H groups in total. The second-order valence-electron chi connectivity index (χ2n) is 8.92. The molecule has 11 heteroatoms. The normalized spacial score (nSPS) is 37.1. The van der Waals surface area contributed by atoms with Crippen molar-refractivity contribution in [1.29, 1.82) is 0 Å². The van der Waals surface area contributed by atoms with Crippen LogP contribution in [0.1, 0.15) is 5.56 Å². The summed E-state index contributed by atoms with van der Waals surface area (Å²) in [5, 5.41) is 70.1. The molecule has 0 saturated carbocycles. The van der Waals surface area contributed by atoms with Crippen LogP contribution in [-0.2, 0) is 25.6 Å².